The first-order valence-electron chi connectivity index (χ1n) is 43.8. The summed E-state index contributed by atoms with van der Waals surface area (Å²) < 4.78 is 152. The van der Waals surface area contributed by atoms with Gasteiger partial charge in [0.25, 0.3) is 0 Å². The van der Waals surface area contributed by atoms with Crippen LogP contribution in [0.5, 0.6) is 0 Å². The van der Waals surface area contributed by atoms with Gasteiger partial charge in [-0.1, -0.05) is 254 Å². The normalized spacial score (nSPS) is 22.2. The third-order valence-electron chi connectivity index (χ3n) is 21.3. The summed E-state index contributed by atoms with van der Waals surface area (Å²) in [6.45, 7) is 6.64. The van der Waals surface area contributed by atoms with E-state index in [-0.39, 0.29) is 33.8 Å². The van der Waals surface area contributed by atoms with Crippen molar-refractivity contribution in [3.8, 4) is 0 Å². The zero-order valence-electron chi connectivity index (χ0n) is 72.1. The maximum atomic E-state index is 15.0. The lowest BCUT2D eigenvalue weighted by molar-refractivity contribution is -0.372. The number of carbonyl (C=O) groups is 9. The van der Waals surface area contributed by atoms with Gasteiger partial charge in [0.15, 0.2) is 69.1 Å². The molecule has 122 heavy (non-hydrogen) atoms. The Kier molecular flexibility index (Phi) is 45.6. The van der Waals surface area contributed by atoms with Crippen molar-refractivity contribution >= 4 is 73.4 Å². The van der Waals surface area contributed by atoms with Crippen LogP contribution in [0, 0.1) is 5.92 Å². The quantitative estimate of drug-likeness (QED) is 0.0225. The molecule has 0 unspecified atom stereocenters. The second-order valence-electron chi connectivity index (χ2n) is 31.8. The first-order valence-corrected chi connectivity index (χ1v) is 47.5. The monoisotopic (exact) mass is 1750 g/mol. The fourth-order valence-electron chi connectivity index (χ4n) is 15.2. The predicted octanol–water partition coefficient (Wildman–Crippen LogP) is 15.2. The highest BCUT2D eigenvalue weighted by Crippen LogP contribution is 2.39. The number of esters is 9. The Labute approximate surface area is 720 Å². The Morgan fingerprint density at radius 2 is 0.631 bits per heavy atom. The molecule has 3 fully saturated rings. The number of ether oxygens (including phenoxy) is 15. The van der Waals surface area contributed by atoms with Crippen LogP contribution in [-0.2, 0) is 115 Å². The Morgan fingerprint density at radius 1 is 0.328 bits per heavy atom. The van der Waals surface area contributed by atoms with Gasteiger partial charge >= 0.3 is 53.7 Å². The summed E-state index contributed by atoms with van der Waals surface area (Å²) >= 11 is 0. The summed E-state index contributed by atoms with van der Waals surface area (Å²) in [5.41, 5.74) is -0.0879. The van der Waals surface area contributed by atoms with Gasteiger partial charge in [-0.25, -0.2) is 36.0 Å². The first-order chi connectivity index (χ1) is 58.7. The topological polar surface area (TPSA) is 360 Å². The van der Waals surface area contributed by atoms with Gasteiger partial charge in [-0.15, -0.1) is 0 Å². The first kappa shape index (κ1) is 101. The van der Waals surface area contributed by atoms with Crippen molar-refractivity contribution in [1.29, 1.82) is 0 Å². The molecular formula is C92H130O28S2. The van der Waals surface area contributed by atoms with Gasteiger partial charge < -0.3 is 71.1 Å². The number of hydrogen-bond acceptors (Lipinski definition) is 28. The van der Waals surface area contributed by atoms with E-state index < -0.39 is 210 Å². The molecule has 3 aliphatic rings. The summed E-state index contributed by atoms with van der Waals surface area (Å²) in [6, 6.07) is 30.4. The molecule has 3 heterocycles. The Bertz CT molecular complexity index is 3940. The van der Waals surface area contributed by atoms with Gasteiger partial charge in [0.1, 0.15) is 56.4 Å². The minimum absolute atomic E-state index is 0.0236. The molecule has 30 heteroatoms. The van der Waals surface area contributed by atoms with E-state index >= 15 is 9.59 Å². The molecule has 4 aromatic rings. The molecule has 0 N–H and O–H groups in total. The minimum atomic E-state index is -3.95. The van der Waals surface area contributed by atoms with Crippen molar-refractivity contribution in [1.82, 2.24) is 0 Å². The molecule has 7 rings (SSSR count). The molecule has 0 aromatic heterocycles. The molecule has 3 aliphatic heterocycles. The maximum Gasteiger partial charge on any atom is 0.338 e. The second kappa shape index (κ2) is 55.2. The fourth-order valence-corrected chi connectivity index (χ4v) is 18.8. The molecule has 0 aliphatic carbocycles. The number of unbranched alkanes of at least 4 members (excludes halogenated alkanes) is 26. The van der Waals surface area contributed by atoms with E-state index in [4.69, 9.17) is 71.1 Å². The molecule has 28 nitrogen and oxygen atoms in total. The van der Waals surface area contributed by atoms with E-state index in [0.29, 0.717) is 25.7 Å². The van der Waals surface area contributed by atoms with Gasteiger partial charge in [0.2, 0.25) is 0 Å². The average molecular weight is 1750 g/mol. The van der Waals surface area contributed by atoms with Crippen LogP contribution in [0.2, 0.25) is 0 Å². The summed E-state index contributed by atoms with van der Waals surface area (Å²) in [4.78, 5) is 124. The molecule has 0 saturated carbocycles. The van der Waals surface area contributed by atoms with Crippen molar-refractivity contribution in [3.63, 3.8) is 0 Å². The number of carbonyl (C=O) groups excluding carboxylic acids is 9. The van der Waals surface area contributed by atoms with E-state index in [1.54, 1.807) is 48.5 Å². The van der Waals surface area contributed by atoms with Crippen LogP contribution in [0.25, 0.3) is 0 Å². The highest BCUT2D eigenvalue weighted by Gasteiger charge is 2.59. The number of hydrogen-bond donors (Lipinski definition) is 0. The van der Waals surface area contributed by atoms with E-state index in [1.165, 1.54) is 163 Å². The molecule has 678 valence electrons. The summed E-state index contributed by atoms with van der Waals surface area (Å²) in [5.74, 6) is -11.6. The fraction of sp³-hybridized carbons (Fsp3) is 0.641. The van der Waals surface area contributed by atoms with Crippen molar-refractivity contribution in [2.45, 2.75) is 321 Å². The smallest absolute Gasteiger partial charge is 0.338 e. The van der Waals surface area contributed by atoms with E-state index in [1.807, 2.05) is 0 Å². The average Bonchev–Trinajstić information content (AvgIpc) is 0.758. The van der Waals surface area contributed by atoms with Crippen molar-refractivity contribution in [2.75, 3.05) is 49.4 Å². The van der Waals surface area contributed by atoms with Crippen LogP contribution >= 0.6 is 0 Å². The Balaban J connectivity index is 1.28. The standard InChI is InChI=1S/C92H130O28S2/c1-8-10-12-14-16-18-20-22-24-26-28-30-32-46-56-121(102,103)63-70(64-122(104,105)57-47-33-31-29-27-25-23-21-19-17-15-13-11-9-2)59-108-79-58-75(114-88(99)72-50-40-35-41-51-72)80(76(113-79)62-109-87(98)71-48-38-34-39-49-71)119-92-86(118-90(101)74-54-44-37-45-55-74)84(117-89(100)73-52-42-36-43-53-73)82(78(116-92)61-107-66(4)94)120-91-85(112-69(7)97)83(111-68(6)96)81(110-67(5)95)77(115-91)60-106-65(3)93/h34-45,48-55,70,75-86,91-92H,8-33,46-47,56-64H2,1-7H3/t75-,76-,77-,78-,79-,80+,81+,82+,83+,84+,85-,86-,91-,92+/m1/s1. The predicted molar refractivity (Wildman–Crippen MR) is 451 cm³/mol. The van der Waals surface area contributed by atoms with Gasteiger partial charge in [-0.3, -0.25) is 24.0 Å². The molecule has 14 atom stereocenters. The lowest BCUT2D eigenvalue weighted by Gasteiger charge is -2.50. The molecule has 0 radical (unpaired) electrons. The van der Waals surface area contributed by atoms with Crippen molar-refractivity contribution < 1.29 is 131 Å². The molecule has 0 spiro atoms. The van der Waals surface area contributed by atoms with Crippen LogP contribution < -0.4 is 0 Å². The Morgan fingerprint density at radius 3 is 1.02 bits per heavy atom. The lowest BCUT2D eigenvalue weighted by atomic mass is 9.95. The molecule has 0 amide bonds. The highest BCUT2D eigenvalue weighted by atomic mass is 32.2. The zero-order valence-corrected chi connectivity index (χ0v) is 73.8. The van der Waals surface area contributed by atoms with E-state index in [0.717, 1.165) is 98.8 Å². The van der Waals surface area contributed by atoms with E-state index in [2.05, 4.69) is 13.8 Å². The van der Waals surface area contributed by atoms with Crippen LogP contribution in [0.1, 0.15) is 276 Å². The molecule has 4 aromatic carbocycles. The molecule has 0 bridgehead atoms. The summed E-state index contributed by atoms with van der Waals surface area (Å²) in [5, 5.41) is 0. The number of sulfone groups is 2. The third kappa shape index (κ3) is 37.3. The van der Waals surface area contributed by atoms with Crippen molar-refractivity contribution in [2.24, 2.45) is 5.92 Å². The van der Waals surface area contributed by atoms with E-state index in [9.17, 15) is 50.4 Å². The third-order valence-corrected chi connectivity index (χ3v) is 25.1. The zero-order chi connectivity index (χ0) is 88.1. The van der Waals surface area contributed by atoms with Gasteiger partial charge in [-0.05, 0) is 61.4 Å². The summed E-state index contributed by atoms with van der Waals surface area (Å²) in [7, 11) is -7.90. The van der Waals surface area contributed by atoms with Crippen LogP contribution in [0.3, 0.4) is 0 Å². The maximum absolute atomic E-state index is 15.0. The largest absolute Gasteiger partial charge is 0.463 e. The minimum Gasteiger partial charge on any atom is -0.463 e. The SMILES string of the molecule is CCCCCCCCCCCCCCCCS(=O)(=O)CC(CO[C@H]1C[C@@H](OC(=O)c2ccccc2)[C@H](O[C@@H]2O[C@H](COC(C)=O)[C@H](O[C@H]3O[C@H](COC(C)=O)[C@H](OC(C)=O)[C@H](OC(C)=O)[C@H]3OC(C)=O)[C@H](OC(=O)c3ccccc3)[C@H]2OC(=O)c2ccccc2)[C@@H](COC(=O)c2ccccc2)O1)CS(=O)(=O)CCCCCCCCCCCCCCCC. The van der Waals surface area contributed by atoms with Gasteiger partial charge in [0.05, 0.1) is 51.9 Å². The number of benzene rings is 4. The van der Waals surface area contributed by atoms with Crippen LogP contribution in [-0.4, -0.2) is 206 Å². The second-order valence-corrected chi connectivity index (χ2v) is 36.3. The lowest BCUT2D eigenvalue weighted by Crippen LogP contribution is -2.68. The summed E-state index contributed by atoms with van der Waals surface area (Å²) in [6.07, 6.45) is 3.00. The molecular weight excluding hydrogens is 1620 g/mol. The highest BCUT2D eigenvalue weighted by molar-refractivity contribution is 7.92. The number of rotatable bonds is 57. The molecule has 3 saturated heterocycles. The Hall–Kier alpha value is -8.23. The van der Waals surface area contributed by atoms with Gasteiger partial charge in [0, 0.05) is 47.0 Å². The van der Waals surface area contributed by atoms with Crippen LogP contribution in [0.4, 0.5) is 0 Å². The van der Waals surface area contributed by atoms with Crippen LogP contribution in [0.15, 0.2) is 121 Å². The van der Waals surface area contributed by atoms with Gasteiger partial charge in [-0.2, -0.15) is 0 Å². The van der Waals surface area contributed by atoms with Crippen molar-refractivity contribution in [3.05, 3.63) is 144 Å².